The molecular weight excluding hydrogens is 463 g/mol. The van der Waals surface area contributed by atoms with Crippen LogP contribution in [0.15, 0.2) is 53.6 Å². The number of carbonyl (C=O) groups is 2. The van der Waals surface area contributed by atoms with Gasteiger partial charge in [0.25, 0.3) is 5.69 Å². The summed E-state index contributed by atoms with van der Waals surface area (Å²) >= 11 is 2.12. The van der Waals surface area contributed by atoms with Crippen molar-refractivity contribution in [3.05, 3.63) is 67.8 Å². The van der Waals surface area contributed by atoms with Crippen LogP contribution in [0.3, 0.4) is 0 Å². The van der Waals surface area contributed by atoms with Crippen molar-refractivity contribution in [2.45, 2.75) is 19.8 Å². The minimum Gasteiger partial charge on any atom is -0.325 e. The highest BCUT2D eigenvalue weighted by Gasteiger charge is 2.09. The van der Waals surface area contributed by atoms with Gasteiger partial charge in [0.2, 0.25) is 11.8 Å². The highest BCUT2D eigenvalue weighted by Crippen LogP contribution is 2.17. The van der Waals surface area contributed by atoms with E-state index in [0.717, 1.165) is 3.57 Å². The first kappa shape index (κ1) is 20.5. The predicted molar refractivity (Wildman–Crippen MR) is 110 cm³/mol. The molecule has 0 fully saturated rings. The maximum atomic E-state index is 11.9. The van der Waals surface area contributed by atoms with E-state index in [9.17, 15) is 19.7 Å². The second-order valence-electron chi connectivity index (χ2n) is 5.56. The summed E-state index contributed by atoms with van der Waals surface area (Å²) in [5.41, 5.74) is 4.22. The van der Waals surface area contributed by atoms with Crippen LogP contribution in [0, 0.1) is 13.7 Å². The molecule has 2 aromatic carbocycles. The molecule has 2 aromatic rings. The number of carbonyl (C=O) groups excluding carboxylic acids is 2. The summed E-state index contributed by atoms with van der Waals surface area (Å²) in [6, 6.07) is 13.2. The summed E-state index contributed by atoms with van der Waals surface area (Å²) in [5, 5.41) is 17.4. The summed E-state index contributed by atoms with van der Waals surface area (Å²) in [5.74, 6) is -0.653. The number of nitro benzene ring substituents is 1. The fraction of sp³-hybridized carbons (Fsp3) is 0.167. The van der Waals surface area contributed by atoms with Crippen LogP contribution in [0.5, 0.6) is 0 Å². The standard InChI is InChI=1S/C18H17IN4O4/c1-12(13-6-8-14(9-7-13)23(26)27)21-22-18(25)11-10-17(24)20-16-5-3-2-4-15(16)19/h2-9H,10-11H2,1H3,(H,20,24)(H,22,25). The Morgan fingerprint density at radius 3 is 2.33 bits per heavy atom. The molecule has 0 radical (unpaired) electrons. The van der Waals surface area contributed by atoms with Crippen LogP contribution in [0.2, 0.25) is 0 Å². The molecule has 8 nitrogen and oxygen atoms in total. The number of non-ortho nitro benzene ring substituents is 1. The van der Waals surface area contributed by atoms with Crippen molar-refractivity contribution in [2.75, 3.05) is 5.32 Å². The van der Waals surface area contributed by atoms with Crippen LogP contribution in [-0.4, -0.2) is 22.4 Å². The zero-order chi connectivity index (χ0) is 19.8. The van der Waals surface area contributed by atoms with Crippen LogP contribution in [-0.2, 0) is 9.59 Å². The Bertz CT molecular complexity index is 881. The van der Waals surface area contributed by atoms with Crippen LogP contribution in [0.4, 0.5) is 11.4 Å². The fourth-order valence-electron chi connectivity index (χ4n) is 2.09. The van der Waals surface area contributed by atoms with Crippen molar-refractivity contribution in [1.82, 2.24) is 5.43 Å². The lowest BCUT2D eigenvalue weighted by molar-refractivity contribution is -0.384. The summed E-state index contributed by atoms with van der Waals surface area (Å²) in [7, 11) is 0. The van der Waals surface area contributed by atoms with Crippen LogP contribution < -0.4 is 10.7 Å². The Morgan fingerprint density at radius 2 is 1.70 bits per heavy atom. The molecule has 0 aliphatic heterocycles. The first-order valence-corrected chi connectivity index (χ1v) is 9.07. The van der Waals surface area contributed by atoms with Gasteiger partial charge in [-0.2, -0.15) is 5.10 Å². The third kappa shape index (κ3) is 6.44. The number of para-hydroxylation sites is 1. The quantitative estimate of drug-likeness (QED) is 0.274. The molecule has 0 unspecified atom stereocenters. The lowest BCUT2D eigenvalue weighted by atomic mass is 10.1. The number of nitrogens with zero attached hydrogens (tertiary/aromatic N) is 2. The second-order valence-corrected chi connectivity index (χ2v) is 6.73. The molecular formula is C18H17IN4O4. The molecule has 0 aliphatic carbocycles. The SMILES string of the molecule is CC(=NNC(=O)CCC(=O)Nc1ccccc1I)c1ccc([N+](=O)[O-])cc1. The van der Waals surface area contributed by atoms with E-state index in [1.165, 1.54) is 12.1 Å². The van der Waals surface area contributed by atoms with E-state index in [1.54, 1.807) is 25.1 Å². The monoisotopic (exact) mass is 480 g/mol. The van der Waals surface area contributed by atoms with Crippen LogP contribution >= 0.6 is 22.6 Å². The first-order chi connectivity index (χ1) is 12.9. The molecule has 2 N–H and O–H groups in total. The van der Waals surface area contributed by atoms with E-state index in [4.69, 9.17) is 0 Å². The number of hydrogen-bond acceptors (Lipinski definition) is 5. The topological polar surface area (TPSA) is 114 Å². The minimum absolute atomic E-state index is 0.00765. The van der Waals surface area contributed by atoms with Gasteiger partial charge in [-0.25, -0.2) is 5.43 Å². The number of halogens is 1. The number of hydrazone groups is 1. The zero-order valence-corrected chi connectivity index (χ0v) is 16.6. The second kappa shape index (κ2) is 9.76. The van der Waals surface area contributed by atoms with Crippen molar-refractivity contribution in [3.63, 3.8) is 0 Å². The molecule has 0 heterocycles. The molecule has 0 spiro atoms. The molecule has 2 amide bonds. The smallest absolute Gasteiger partial charge is 0.269 e. The van der Waals surface area contributed by atoms with Crippen molar-refractivity contribution >= 4 is 51.5 Å². The van der Waals surface area contributed by atoms with Crippen molar-refractivity contribution in [3.8, 4) is 0 Å². The van der Waals surface area contributed by atoms with Crippen molar-refractivity contribution in [1.29, 1.82) is 0 Å². The van der Waals surface area contributed by atoms with E-state index >= 15 is 0 Å². The van der Waals surface area contributed by atoms with Gasteiger partial charge in [-0.05, 0) is 59.3 Å². The Kier molecular flexibility index (Phi) is 7.41. The number of hydrogen-bond donors (Lipinski definition) is 2. The fourth-order valence-corrected chi connectivity index (χ4v) is 2.62. The minimum atomic E-state index is -0.487. The van der Waals surface area contributed by atoms with E-state index in [1.807, 2.05) is 18.2 Å². The normalized spacial score (nSPS) is 11.0. The number of nitro groups is 1. The largest absolute Gasteiger partial charge is 0.325 e. The maximum absolute atomic E-state index is 11.9. The molecule has 0 saturated carbocycles. The molecule has 0 aliphatic rings. The average molecular weight is 480 g/mol. The van der Waals surface area contributed by atoms with E-state index in [2.05, 4.69) is 38.4 Å². The Hall–Kier alpha value is -2.82. The summed E-state index contributed by atoms with van der Waals surface area (Å²) in [6.07, 6.45) is 0.0230. The molecule has 140 valence electrons. The lowest BCUT2D eigenvalue weighted by Gasteiger charge is -2.07. The number of rotatable bonds is 7. The molecule has 2 rings (SSSR count). The van der Waals surface area contributed by atoms with E-state index in [-0.39, 0.29) is 24.4 Å². The molecule has 0 saturated heterocycles. The molecule has 0 aromatic heterocycles. The van der Waals surface area contributed by atoms with Gasteiger partial charge in [0.15, 0.2) is 0 Å². The van der Waals surface area contributed by atoms with Crippen molar-refractivity contribution < 1.29 is 14.5 Å². The number of anilines is 1. The van der Waals surface area contributed by atoms with E-state index in [0.29, 0.717) is 17.0 Å². The maximum Gasteiger partial charge on any atom is 0.269 e. The highest BCUT2D eigenvalue weighted by atomic mass is 127. The third-order valence-electron chi connectivity index (χ3n) is 3.57. The van der Waals surface area contributed by atoms with Crippen LogP contribution in [0.25, 0.3) is 0 Å². The number of benzene rings is 2. The van der Waals surface area contributed by atoms with Gasteiger partial charge in [0.05, 0.1) is 16.3 Å². The molecule has 9 heteroatoms. The van der Waals surface area contributed by atoms with Gasteiger partial charge in [0, 0.05) is 28.5 Å². The van der Waals surface area contributed by atoms with Gasteiger partial charge < -0.3 is 5.32 Å². The zero-order valence-electron chi connectivity index (χ0n) is 14.4. The Balaban J connectivity index is 1.82. The molecule has 0 bridgehead atoms. The van der Waals surface area contributed by atoms with Crippen LogP contribution in [0.1, 0.15) is 25.3 Å². The average Bonchev–Trinajstić information content (AvgIpc) is 2.66. The van der Waals surface area contributed by atoms with Gasteiger partial charge in [-0.15, -0.1) is 0 Å². The predicted octanol–water partition coefficient (Wildman–Crippen LogP) is 3.46. The number of amides is 2. The van der Waals surface area contributed by atoms with Gasteiger partial charge in [0.1, 0.15) is 0 Å². The first-order valence-electron chi connectivity index (χ1n) is 7.99. The third-order valence-corrected chi connectivity index (χ3v) is 4.51. The van der Waals surface area contributed by atoms with E-state index < -0.39 is 10.8 Å². The lowest BCUT2D eigenvalue weighted by Crippen LogP contribution is -2.22. The van der Waals surface area contributed by atoms with Crippen molar-refractivity contribution in [2.24, 2.45) is 5.10 Å². The Morgan fingerprint density at radius 1 is 1.07 bits per heavy atom. The highest BCUT2D eigenvalue weighted by molar-refractivity contribution is 14.1. The van der Waals surface area contributed by atoms with Gasteiger partial charge >= 0.3 is 0 Å². The van der Waals surface area contributed by atoms with Gasteiger partial charge in [-0.3, -0.25) is 19.7 Å². The van der Waals surface area contributed by atoms with Gasteiger partial charge in [-0.1, -0.05) is 12.1 Å². The summed E-state index contributed by atoms with van der Waals surface area (Å²) < 4.78 is 0.913. The molecule has 0 atom stereocenters. The summed E-state index contributed by atoms with van der Waals surface area (Å²) in [4.78, 5) is 33.9. The Labute approximate surface area is 169 Å². The number of nitrogens with one attached hydrogen (secondary N) is 2. The summed E-state index contributed by atoms with van der Waals surface area (Å²) in [6.45, 7) is 1.67. The molecule has 27 heavy (non-hydrogen) atoms.